The fourth-order valence-corrected chi connectivity index (χ4v) is 2.19. The minimum Gasteiger partial charge on any atom is -0.459 e. The molecule has 2 nitrogen and oxygen atoms in total. The molecule has 2 heterocycles. The summed E-state index contributed by atoms with van der Waals surface area (Å²) in [5.41, 5.74) is 2.43. The molecule has 1 aromatic rings. The van der Waals surface area contributed by atoms with Gasteiger partial charge in [-0.3, -0.25) is 0 Å². The highest BCUT2D eigenvalue weighted by Gasteiger charge is 2.69. The van der Waals surface area contributed by atoms with E-state index in [1.165, 1.54) is 11.1 Å². The Kier molecular flexibility index (Phi) is 1.27. The molecule has 3 rings (SSSR count). The van der Waals surface area contributed by atoms with Gasteiger partial charge in [0.05, 0.1) is 0 Å². The van der Waals surface area contributed by atoms with Gasteiger partial charge in [0.15, 0.2) is 0 Å². The molecule has 0 amide bonds. The van der Waals surface area contributed by atoms with Crippen molar-refractivity contribution in [3.63, 3.8) is 0 Å². The second kappa shape index (κ2) is 2.14. The maximum absolute atomic E-state index is 5.85. The Balaban J connectivity index is 1.99. The SMILES string of the molecule is Cc1ccc2c(c1)CC1(O2)OC1(C)C. The Morgan fingerprint density at radius 1 is 1.29 bits per heavy atom. The van der Waals surface area contributed by atoms with E-state index in [-0.39, 0.29) is 11.4 Å². The molecule has 2 aliphatic rings. The van der Waals surface area contributed by atoms with Crippen molar-refractivity contribution in [3.8, 4) is 5.75 Å². The van der Waals surface area contributed by atoms with Crippen LogP contribution in [0.25, 0.3) is 0 Å². The molecule has 1 spiro atoms. The minimum atomic E-state index is -0.358. The molecule has 2 heteroatoms. The van der Waals surface area contributed by atoms with Crippen LogP contribution in [0.15, 0.2) is 18.2 Å². The third kappa shape index (κ3) is 0.894. The van der Waals surface area contributed by atoms with Crippen molar-refractivity contribution in [1.82, 2.24) is 0 Å². The predicted molar refractivity (Wildman–Crippen MR) is 53.4 cm³/mol. The Hall–Kier alpha value is -1.02. The number of hydrogen-bond acceptors (Lipinski definition) is 2. The zero-order chi connectivity index (χ0) is 9.97. The van der Waals surface area contributed by atoms with Crippen molar-refractivity contribution in [3.05, 3.63) is 29.3 Å². The number of aryl methyl sites for hydroxylation is 1. The second-order valence-corrected chi connectivity index (χ2v) is 4.76. The molecule has 1 fully saturated rings. The van der Waals surface area contributed by atoms with E-state index in [1.54, 1.807) is 0 Å². The Morgan fingerprint density at radius 3 is 2.64 bits per heavy atom. The first-order valence-corrected chi connectivity index (χ1v) is 5.01. The van der Waals surface area contributed by atoms with Crippen molar-refractivity contribution in [2.75, 3.05) is 0 Å². The van der Waals surface area contributed by atoms with Crippen LogP contribution in [0.1, 0.15) is 25.0 Å². The van der Waals surface area contributed by atoms with Gasteiger partial charge in [-0.1, -0.05) is 17.7 Å². The average Bonchev–Trinajstić information content (AvgIpc) is 2.48. The van der Waals surface area contributed by atoms with Crippen LogP contribution in [0.5, 0.6) is 5.75 Å². The van der Waals surface area contributed by atoms with Crippen LogP contribution in [-0.2, 0) is 11.2 Å². The maximum atomic E-state index is 5.85. The second-order valence-electron chi connectivity index (χ2n) is 4.76. The standard InChI is InChI=1S/C12H14O2/c1-8-4-5-10-9(6-8)7-12(13-10)11(2,3)14-12/h4-6H,7H2,1-3H3. The largest absolute Gasteiger partial charge is 0.459 e. The minimum absolute atomic E-state index is 0.125. The summed E-state index contributed by atoms with van der Waals surface area (Å²) in [5.74, 6) is 0.629. The molecular weight excluding hydrogens is 176 g/mol. The van der Waals surface area contributed by atoms with Gasteiger partial charge >= 0.3 is 0 Å². The summed E-state index contributed by atoms with van der Waals surface area (Å²) in [6.07, 6.45) is 0.886. The smallest absolute Gasteiger partial charge is 0.244 e. The van der Waals surface area contributed by atoms with E-state index in [4.69, 9.17) is 9.47 Å². The number of benzene rings is 1. The zero-order valence-electron chi connectivity index (χ0n) is 8.76. The Labute approximate surface area is 83.8 Å². The highest BCUT2D eigenvalue weighted by atomic mass is 16.8. The molecule has 1 unspecified atom stereocenters. The number of fused-ring (bicyclic) bond motifs is 1. The van der Waals surface area contributed by atoms with Gasteiger partial charge in [-0.15, -0.1) is 0 Å². The molecule has 0 bridgehead atoms. The first-order valence-electron chi connectivity index (χ1n) is 5.01. The monoisotopic (exact) mass is 190 g/mol. The molecule has 1 saturated heterocycles. The van der Waals surface area contributed by atoms with Crippen LogP contribution >= 0.6 is 0 Å². The van der Waals surface area contributed by atoms with Crippen LogP contribution < -0.4 is 4.74 Å². The molecule has 0 aromatic heterocycles. The number of hydrogen-bond donors (Lipinski definition) is 0. The first kappa shape index (κ1) is 8.30. The predicted octanol–water partition coefficient (Wildman–Crippen LogP) is 2.44. The van der Waals surface area contributed by atoms with Crippen LogP contribution in [0.2, 0.25) is 0 Å². The molecule has 0 saturated carbocycles. The van der Waals surface area contributed by atoms with Crippen molar-refractivity contribution in [1.29, 1.82) is 0 Å². The molecule has 1 aromatic carbocycles. The quantitative estimate of drug-likeness (QED) is 0.586. The van der Waals surface area contributed by atoms with E-state index in [1.807, 2.05) is 6.07 Å². The van der Waals surface area contributed by atoms with Crippen LogP contribution in [0.3, 0.4) is 0 Å². The van der Waals surface area contributed by atoms with Crippen LogP contribution in [0.4, 0.5) is 0 Å². The van der Waals surface area contributed by atoms with Crippen LogP contribution in [0, 0.1) is 6.92 Å². The fraction of sp³-hybridized carbons (Fsp3) is 0.500. The van der Waals surface area contributed by atoms with Gasteiger partial charge in [0, 0.05) is 12.0 Å². The van der Waals surface area contributed by atoms with Gasteiger partial charge < -0.3 is 9.47 Å². The third-order valence-electron chi connectivity index (χ3n) is 3.21. The summed E-state index contributed by atoms with van der Waals surface area (Å²) < 4.78 is 11.5. The summed E-state index contributed by atoms with van der Waals surface area (Å²) in [7, 11) is 0. The third-order valence-corrected chi connectivity index (χ3v) is 3.21. The van der Waals surface area contributed by atoms with E-state index in [0.29, 0.717) is 0 Å². The molecule has 1 atom stereocenters. The first-order chi connectivity index (χ1) is 6.52. The maximum Gasteiger partial charge on any atom is 0.244 e. The van der Waals surface area contributed by atoms with Gasteiger partial charge in [0.1, 0.15) is 11.4 Å². The van der Waals surface area contributed by atoms with Gasteiger partial charge in [0.2, 0.25) is 5.79 Å². The molecule has 2 aliphatic heterocycles. The molecule has 0 aliphatic carbocycles. The van der Waals surface area contributed by atoms with E-state index in [0.717, 1.165) is 12.2 Å². The van der Waals surface area contributed by atoms with E-state index in [2.05, 4.69) is 32.9 Å². The van der Waals surface area contributed by atoms with Gasteiger partial charge in [0.25, 0.3) is 0 Å². The molecule has 0 N–H and O–H groups in total. The molecule has 0 radical (unpaired) electrons. The number of epoxide rings is 1. The van der Waals surface area contributed by atoms with Crippen LogP contribution in [-0.4, -0.2) is 11.4 Å². The topological polar surface area (TPSA) is 21.8 Å². The van der Waals surface area contributed by atoms with Crippen molar-refractivity contribution in [2.45, 2.75) is 38.6 Å². The van der Waals surface area contributed by atoms with Crippen molar-refractivity contribution >= 4 is 0 Å². The highest BCUT2D eigenvalue weighted by molar-refractivity contribution is 5.43. The van der Waals surface area contributed by atoms with Gasteiger partial charge in [-0.25, -0.2) is 0 Å². The van der Waals surface area contributed by atoms with Gasteiger partial charge in [-0.05, 0) is 26.8 Å². The fourth-order valence-electron chi connectivity index (χ4n) is 2.19. The summed E-state index contributed by atoms with van der Waals surface area (Å²) in [5, 5.41) is 0. The van der Waals surface area contributed by atoms with Gasteiger partial charge in [-0.2, -0.15) is 0 Å². The molecular formula is C12H14O2. The summed E-state index contributed by atoms with van der Waals surface area (Å²) in [6.45, 7) is 6.25. The van der Waals surface area contributed by atoms with E-state index >= 15 is 0 Å². The lowest BCUT2D eigenvalue weighted by Crippen LogP contribution is -2.25. The lowest BCUT2D eigenvalue weighted by Gasteiger charge is -2.06. The van der Waals surface area contributed by atoms with E-state index < -0.39 is 0 Å². The Bertz CT molecular complexity index is 409. The average molecular weight is 190 g/mol. The summed E-state index contributed by atoms with van der Waals surface area (Å²) in [6, 6.07) is 6.30. The van der Waals surface area contributed by atoms with Crippen molar-refractivity contribution < 1.29 is 9.47 Å². The lowest BCUT2D eigenvalue weighted by molar-refractivity contribution is 0.0851. The van der Waals surface area contributed by atoms with E-state index in [9.17, 15) is 0 Å². The summed E-state index contributed by atoms with van der Waals surface area (Å²) in [4.78, 5) is 0. The number of rotatable bonds is 0. The number of ether oxygens (including phenoxy) is 2. The molecule has 14 heavy (non-hydrogen) atoms. The Morgan fingerprint density at radius 2 is 2.00 bits per heavy atom. The van der Waals surface area contributed by atoms with Crippen molar-refractivity contribution in [2.24, 2.45) is 0 Å². The molecule has 74 valence electrons. The lowest BCUT2D eigenvalue weighted by atomic mass is 10.0. The normalized spacial score (nSPS) is 31.4. The zero-order valence-corrected chi connectivity index (χ0v) is 8.76. The highest BCUT2D eigenvalue weighted by Crippen LogP contribution is 2.55. The summed E-state index contributed by atoms with van der Waals surface area (Å²) >= 11 is 0.